The van der Waals surface area contributed by atoms with Crippen LogP contribution in [0.4, 0.5) is 0 Å². The summed E-state index contributed by atoms with van der Waals surface area (Å²) in [5.41, 5.74) is 4.60. The van der Waals surface area contributed by atoms with Crippen LogP contribution < -0.4 is 11.1 Å². The van der Waals surface area contributed by atoms with Crippen LogP contribution in [0.5, 0.6) is 0 Å². The third-order valence-electron chi connectivity index (χ3n) is 2.99. The SMILES string of the molecule is CC(C)(C)NCCC(N)(CCCCB(O)O)C(=O)O.Cl.Cl.O. The summed E-state index contributed by atoms with van der Waals surface area (Å²) in [6.07, 6.45) is 2.05. The molecule has 0 aromatic heterocycles. The topological polar surface area (TPSA) is 147 Å². The molecule has 0 aromatic carbocycles. The van der Waals surface area contributed by atoms with Crippen LogP contribution in [0.25, 0.3) is 0 Å². The minimum atomic E-state index is -1.33. The van der Waals surface area contributed by atoms with E-state index in [2.05, 4.69) is 5.32 Å². The van der Waals surface area contributed by atoms with Gasteiger partial charge in [0.05, 0.1) is 0 Å². The van der Waals surface area contributed by atoms with Gasteiger partial charge in [-0.2, -0.15) is 0 Å². The molecule has 0 saturated heterocycles. The summed E-state index contributed by atoms with van der Waals surface area (Å²) in [7, 11) is -1.33. The first-order valence-electron chi connectivity index (χ1n) is 6.70. The van der Waals surface area contributed by atoms with Gasteiger partial charge in [0, 0.05) is 5.54 Å². The van der Waals surface area contributed by atoms with Crippen LogP contribution in [0.3, 0.4) is 0 Å². The molecule has 22 heavy (non-hydrogen) atoms. The lowest BCUT2D eigenvalue weighted by molar-refractivity contribution is -0.144. The Kier molecular flexibility index (Phi) is 18.1. The highest BCUT2D eigenvalue weighted by Gasteiger charge is 2.33. The van der Waals surface area contributed by atoms with E-state index in [1.165, 1.54) is 0 Å². The monoisotopic (exact) mass is 364 g/mol. The lowest BCUT2D eigenvalue weighted by Gasteiger charge is -2.27. The standard InChI is InChI=1S/C12H27BN2O4.2ClH.H2O/c1-11(2,3)15-9-7-12(14,10(16)17)6-4-5-8-13(18)19;;;/h15,18-19H,4-9,14H2,1-3H3,(H,16,17);2*1H;1H2. The second-order valence-corrected chi connectivity index (χ2v) is 6.11. The quantitative estimate of drug-likeness (QED) is 0.291. The summed E-state index contributed by atoms with van der Waals surface area (Å²) in [6, 6.07) is 0. The van der Waals surface area contributed by atoms with Crippen LogP contribution >= 0.6 is 24.8 Å². The molecule has 0 spiro atoms. The number of unbranched alkanes of at least 4 members (excludes halogenated alkanes) is 1. The maximum atomic E-state index is 11.3. The Morgan fingerprint density at radius 3 is 2.00 bits per heavy atom. The van der Waals surface area contributed by atoms with Crippen molar-refractivity contribution in [2.75, 3.05) is 6.54 Å². The third-order valence-corrected chi connectivity index (χ3v) is 2.99. The summed E-state index contributed by atoms with van der Waals surface area (Å²) in [6.45, 7) is 6.56. The number of carboxylic acid groups (broad SMARTS) is 1. The highest BCUT2D eigenvalue weighted by Crippen LogP contribution is 2.17. The first kappa shape index (κ1) is 29.9. The van der Waals surface area contributed by atoms with E-state index in [1.807, 2.05) is 20.8 Å². The fourth-order valence-electron chi connectivity index (χ4n) is 1.77. The number of carbonyl (C=O) groups is 1. The maximum absolute atomic E-state index is 11.3. The average molecular weight is 365 g/mol. The number of hydrogen-bond donors (Lipinski definition) is 5. The molecule has 0 aliphatic rings. The number of nitrogens with two attached hydrogens (primary N) is 1. The van der Waals surface area contributed by atoms with Gasteiger partial charge in [-0.1, -0.05) is 12.8 Å². The van der Waals surface area contributed by atoms with Gasteiger partial charge in [0.1, 0.15) is 5.54 Å². The third kappa shape index (κ3) is 14.8. The summed E-state index contributed by atoms with van der Waals surface area (Å²) in [4.78, 5) is 11.3. The van der Waals surface area contributed by atoms with Gasteiger partial charge in [0.2, 0.25) is 0 Å². The Bertz CT molecular complexity index is 293. The molecule has 8 N–H and O–H groups in total. The van der Waals surface area contributed by atoms with Gasteiger partial charge in [-0.05, 0) is 46.5 Å². The summed E-state index contributed by atoms with van der Waals surface area (Å²) in [5.74, 6) is -1.01. The first-order valence-corrected chi connectivity index (χ1v) is 6.70. The Morgan fingerprint density at radius 2 is 1.64 bits per heavy atom. The molecule has 136 valence electrons. The summed E-state index contributed by atoms with van der Waals surface area (Å²) in [5, 5.41) is 29.9. The largest absolute Gasteiger partial charge is 0.480 e. The van der Waals surface area contributed by atoms with Crippen LogP contribution in [-0.4, -0.2) is 51.3 Å². The lowest BCUT2D eigenvalue weighted by atomic mass is 9.81. The number of nitrogens with one attached hydrogen (secondary N) is 1. The van der Waals surface area contributed by atoms with E-state index in [1.54, 1.807) is 0 Å². The van der Waals surface area contributed by atoms with Crippen molar-refractivity contribution >= 4 is 37.9 Å². The van der Waals surface area contributed by atoms with Crippen LogP contribution in [0.2, 0.25) is 6.32 Å². The zero-order valence-corrected chi connectivity index (χ0v) is 15.1. The van der Waals surface area contributed by atoms with Crippen molar-refractivity contribution in [3.05, 3.63) is 0 Å². The maximum Gasteiger partial charge on any atom is 0.451 e. The Labute approximate surface area is 145 Å². The Balaban J connectivity index is -0.000000540. The van der Waals surface area contributed by atoms with Gasteiger partial charge in [0.25, 0.3) is 0 Å². The second kappa shape index (κ2) is 13.4. The molecule has 7 nitrogen and oxygen atoms in total. The number of aliphatic carboxylic acids is 1. The van der Waals surface area contributed by atoms with Gasteiger partial charge >= 0.3 is 13.1 Å². The fourth-order valence-corrected chi connectivity index (χ4v) is 1.77. The molecule has 0 rings (SSSR count). The molecule has 0 bridgehead atoms. The van der Waals surface area contributed by atoms with Gasteiger partial charge in [-0.25, -0.2) is 0 Å². The lowest BCUT2D eigenvalue weighted by Crippen LogP contribution is -2.51. The van der Waals surface area contributed by atoms with E-state index in [0.717, 1.165) is 0 Å². The summed E-state index contributed by atoms with van der Waals surface area (Å²) >= 11 is 0. The molecule has 1 atom stereocenters. The molecule has 0 fully saturated rings. The molecule has 10 heteroatoms. The number of halogens is 2. The van der Waals surface area contributed by atoms with Crippen molar-refractivity contribution in [1.82, 2.24) is 5.32 Å². The number of hydrogen-bond acceptors (Lipinski definition) is 5. The molecular formula is C12H31BCl2N2O5. The predicted octanol–water partition coefficient (Wildman–Crippen LogP) is 0.209. The second-order valence-electron chi connectivity index (χ2n) is 6.11. The van der Waals surface area contributed by atoms with E-state index < -0.39 is 18.6 Å². The molecule has 0 aliphatic carbocycles. The molecule has 1 unspecified atom stereocenters. The predicted molar refractivity (Wildman–Crippen MR) is 93.9 cm³/mol. The van der Waals surface area contributed by atoms with Crippen molar-refractivity contribution in [3.63, 3.8) is 0 Å². The van der Waals surface area contributed by atoms with Gasteiger partial charge in [-0.15, -0.1) is 24.8 Å². The minimum absolute atomic E-state index is 0. The van der Waals surface area contributed by atoms with Crippen LogP contribution in [0.1, 0.15) is 46.5 Å². The van der Waals surface area contributed by atoms with E-state index in [-0.39, 0.29) is 42.1 Å². The van der Waals surface area contributed by atoms with Crippen molar-refractivity contribution in [1.29, 1.82) is 0 Å². The zero-order valence-electron chi connectivity index (χ0n) is 13.5. The van der Waals surface area contributed by atoms with Crippen molar-refractivity contribution in [2.45, 2.75) is 63.9 Å². The fraction of sp³-hybridized carbons (Fsp3) is 0.917. The van der Waals surface area contributed by atoms with Crippen LogP contribution in [0, 0.1) is 0 Å². The van der Waals surface area contributed by atoms with Crippen LogP contribution in [0.15, 0.2) is 0 Å². The van der Waals surface area contributed by atoms with Crippen molar-refractivity contribution in [2.24, 2.45) is 5.73 Å². The van der Waals surface area contributed by atoms with E-state index in [0.29, 0.717) is 32.2 Å². The molecule has 0 aliphatic heterocycles. The molecule has 0 saturated carbocycles. The molecular weight excluding hydrogens is 334 g/mol. The minimum Gasteiger partial charge on any atom is -0.480 e. The van der Waals surface area contributed by atoms with E-state index >= 15 is 0 Å². The highest BCUT2D eigenvalue weighted by molar-refractivity contribution is 6.40. The number of carboxylic acids is 1. The van der Waals surface area contributed by atoms with Gasteiger partial charge in [0.15, 0.2) is 0 Å². The zero-order chi connectivity index (χ0) is 15.1. The highest BCUT2D eigenvalue weighted by atomic mass is 35.5. The normalized spacial score (nSPS) is 13.0. The molecule has 0 radical (unpaired) electrons. The van der Waals surface area contributed by atoms with Crippen LogP contribution in [-0.2, 0) is 4.79 Å². The van der Waals surface area contributed by atoms with E-state index in [4.69, 9.17) is 15.8 Å². The molecule has 0 aromatic rings. The van der Waals surface area contributed by atoms with Gasteiger partial charge < -0.3 is 31.7 Å². The molecule has 0 amide bonds. The Morgan fingerprint density at radius 1 is 1.14 bits per heavy atom. The van der Waals surface area contributed by atoms with Gasteiger partial charge in [-0.3, -0.25) is 4.79 Å². The molecule has 0 heterocycles. The smallest absolute Gasteiger partial charge is 0.451 e. The summed E-state index contributed by atoms with van der Waals surface area (Å²) < 4.78 is 0. The van der Waals surface area contributed by atoms with Crippen molar-refractivity contribution < 1.29 is 25.4 Å². The Hall–Kier alpha value is -0.0851. The number of rotatable bonds is 9. The van der Waals surface area contributed by atoms with Crippen molar-refractivity contribution in [3.8, 4) is 0 Å². The average Bonchev–Trinajstić information content (AvgIpc) is 2.22. The first-order chi connectivity index (χ1) is 8.57. The van der Waals surface area contributed by atoms with E-state index in [9.17, 15) is 9.90 Å².